The Morgan fingerprint density at radius 2 is 2.50 bits per heavy atom. The summed E-state index contributed by atoms with van der Waals surface area (Å²) in [6.45, 7) is 0.773. The molecule has 0 amide bonds. The largest absolute Gasteiger partial charge is 0.378 e. The van der Waals surface area contributed by atoms with E-state index in [2.05, 4.69) is 5.92 Å². The van der Waals surface area contributed by atoms with Crippen LogP contribution in [0.5, 0.6) is 0 Å². The van der Waals surface area contributed by atoms with E-state index < -0.39 is 0 Å². The van der Waals surface area contributed by atoms with Crippen LogP contribution in [0.2, 0.25) is 0 Å². The summed E-state index contributed by atoms with van der Waals surface area (Å²) in [5.41, 5.74) is 0. The lowest BCUT2D eigenvalue weighted by Gasteiger charge is -2.26. The molecule has 56 valence electrons. The van der Waals surface area contributed by atoms with E-state index in [4.69, 9.17) is 15.9 Å². The van der Waals surface area contributed by atoms with Crippen LogP contribution in [-0.4, -0.2) is 25.9 Å². The van der Waals surface area contributed by atoms with Crippen LogP contribution in [0.15, 0.2) is 0 Å². The molecule has 0 spiro atoms. The number of hydrogen-bond donors (Lipinski definition) is 0. The first-order valence-corrected chi connectivity index (χ1v) is 3.49. The van der Waals surface area contributed by atoms with Gasteiger partial charge in [0.05, 0.1) is 6.10 Å². The van der Waals surface area contributed by atoms with E-state index in [9.17, 15) is 0 Å². The molecule has 0 N–H and O–H groups in total. The lowest BCUT2D eigenvalue weighted by atomic mass is 10.1. The highest BCUT2D eigenvalue weighted by Gasteiger charge is 2.23. The summed E-state index contributed by atoms with van der Waals surface area (Å²) in [6.07, 6.45) is 7.27. The number of ether oxygens (including phenoxy) is 2. The van der Waals surface area contributed by atoms with E-state index in [0.29, 0.717) is 0 Å². The molecule has 1 aliphatic heterocycles. The smallest absolute Gasteiger partial charge is 0.143 e. The van der Waals surface area contributed by atoms with Crippen LogP contribution in [0.1, 0.15) is 12.8 Å². The summed E-state index contributed by atoms with van der Waals surface area (Å²) in [5.74, 6) is 2.56. The molecular formula is C8H12O2. The molecule has 1 rings (SSSR count). The van der Waals surface area contributed by atoms with Gasteiger partial charge in [-0.3, -0.25) is 0 Å². The second-order valence-corrected chi connectivity index (χ2v) is 2.37. The average molecular weight is 140 g/mol. The molecule has 2 heteroatoms. The fourth-order valence-corrected chi connectivity index (χ4v) is 1.15. The van der Waals surface area contributed by atoms with Crippen molar-refractivity contribution < 1.29 is 9.47 Å². The van der Waals surface area contributed by atoms with Crippen LogP contribution in [0.4, 0.5) is 0 Å². The lowest BCUT2D eigenvalue weighted by Crippen LogP contribution is -2.34. The Morgan fingerprint density at radius 1 is 1.70 bits per heavy atom. The molecule has 0 bridgehead atoms. The molecule has 2 atom stereocenters. The zero-order valence-electron chi connectivity index (χ0n) is 6.17. The van der Waals surface area contributed by atoms with Crippen molar-refractivity contribution in [1.82, 2.24) is 0 Å². The van der Waals surface area contributed by atoms with Crippen molar-refractivity contribution in [2.75, 3.05) is 13.7 Å². The van der Waals surface area contributed by atoms with Crippen molar-refractivity contribution in [2.24, 2.45) is 0 Å². The van der Waals surface area contributed by atoms with Crippen molar-refractivity contribution in [3.63, 3.8) is 0 Å². The first-order valence-electron chi connectivity index (χ1n) is 3.49. The summed E-state index contributed by atoms with van der Waals surface area (Å²) in [7, 11) is 1.67. The predicted molar refractivity (Wildman–Crippen MR) is 38.6 cm³/mol. The molecule has 1 saturated heterocycles. The van der Waals surface area contributed by atoms with Crippen molar-refractivity contribution in [3.8, 4) is 12.3 Å². The van der Waals surface area contributed by atoms with Crippen LogP contribution in [0.25, 0.3) is 0 Å². The molecule has 0 aromatic carbocycles. The lowest BCUT2D eigenvalue weighted by molar-refractivity contribution is -0.0631. The van der Waals surface area contributed by atoms with Gasteiger partial charge in [-0.2, -0.15) is 0 Å². The number of rotatable bonds is 1. The quantitative estimate of drug-likeness (QED) is 0.502. The zero-order chi connectivity index (χ0) is 7.40. The van der Waals surface area contributed by atoms with Crippen molar-refractivity contribution >= 4 is 0 Å². The Labute approximate surface area is 61.5 Å². The second-order valence-electron chi connectivity index (χ2n) is 2.37. The van der Waals surface area contributed by atoms with Crippen LogP contribution in [0.3, 0.4) is 0 Å². The maximum Gasteiger partial charge on any atom is 0.143 e. The van der Waals surface area contributed by atoms with Crippen molar-refractivity contribution in [1.29, 1.82) is 0 Å². The second kappa shape index (κ2) is 3.60. The fraction of sp³-hybridized carbons (Fsp3) is 0.750. The van der Waals surface area contributed by atoms with Crippen LogP contribution >= 0.6 is 0 Å². The van der Waals surface area contributed by atoms with Gasteiger partial charge in [0.25, 0.3) is 0 Å². The molecule has 0 aliphatic carbocycles. The standard InChI is InChI=1S/C8H12O2/c1-3-7-8(9-2)5-4-6-10-7/h1,7-8H,4-6H2,2H3/t7-,8-/m0/s1. The van der Waals surface area contributed by atoms with Gasteiger partial charge in [0, 0.05) is 13.7 Å². The zero-order valence-corrected chi connectivity index (χ0v) is 6.17. The highest BCUT2D eigenvalue weighted by molar-refractivity contribution is 5.00. The van der Waals surface area contributed by atoms with Gasteiger partial charge in [0.1, 0.15) is 6.10 Å². The van der Waals surface area contributed by atoms with Crippen molar-refractivity contribution in [3.05, 3.63) is 0 Å². The summed E-state index contributed by atoms with van der Waals surface area (Å²) < 4.78 is 10.4. The van der Waals surface area contributed by atoms with Gasteiger partial charge >= 0.3 is 0 Å². The predicted octanol–water partition coefficient (Wildman–Crippen LogP) is 0.814. The molecule has 0 aromatic heterocycles. The Hall–Kier alpha value is -0.520. The minimum Gasteiger partial charge on any atom is -0.378 e. The summed E-state index contributed by atoms with van der Waals surface area (Å²) in [4.78, 5) is 0. The monoisotopic (exact) mass is 140 g/mol. The van der Waals surface area contributed by atoms with E-state index in [0.717, 1.165) is 19.4 Å². The third-order valence-electron chi connectivity index (χ3n) is 1.74. The Kier molecular flexibility index (Phi) is 2.73. The Balaban J connectivity index is 2.44. The van der Waals surface area contributed by atoms with Gasteiger partial charge in [-0.05, 0) is 12.8 Å². The fourth-order valence-electron chi connectivity index (χ4n) is 1.15. The normalized spacial score (nSPS) is 33.2. The van der Waals surface area contributed by atoms with Gasteiger partial charge in [-0.15, -0.1) is 6.42 Å². The molecule has 10 heavy (non-hydrogen) atoms. The molecule has 0 radical (unpaired) electrons. The third kappa shape index (κ3) is 1.50. The molecule has 0 aromatic rings. The molecule has 0 saturated carbocycles. The molecule has 2 nitrogen and oxygen atoms in total. The average Bonchev–Trinajstić information content (AvgIpc) is 2.04. The summed E-state index contributed by atoms with van der Waals surface area (Å²) >= 11 is 0. The van der Waals surface area contributed by atoms with E-state index in [1.165, 1.54) is 0 Å². The highest BCUT2D eigenvalue weighted by atomic mass is 16.5. The summed E-state index contributed by atoms with van der Waals surface area (Å²) in [6, 6.07) is 0. The first kappa shape index (κ1) is 7.59. The molecule has 0 unspecified atom stereocenters. The van der Waals surface area contributed by atoms with Gasteiger partial charge in [-0.25, -0.2) is 0 Å². The van der Waals surface area contributed by atoms with Crippen LogP contribution in [-0.2, 0) is 9.47 Å². The van der Waals surface area contributed by atoms with E-state index >= 15 is 0 Å². The Bertz CT molecular complexity index is 137. The number of hydrogen-bond acceptors (Lipinski definition) is 2. The first-order chi connectivity index (χ1) is 4.88. The molecule has 1 fully saturated rings. The SMILES string of the molecule is C#C[C@@H]1OCCC[C@@H]1OC. The Morgan fingerprint density at radius 3 is 3.00 bits per heavy atom. The van der Waals surface area contributed by atoms with Crippen LogP contribution in [0, 0.1) is 12.3 Å². The minimum atomic E-state index is -0.126. The van der Waals surface area contributed by atoms with E-state index in [1.54, 1.807) is 7.11 Å². The van der Waals surface area contributed by atoms with Crippen LogP contribution < -0.4 is 0 Å². The summed E-state index contributed by atoms with van der Waals surface area (Å²) in [5, 5.41) is 0. The minimum absolute atomic E-state index is 0.110. The molecule has 1 heterocycles. The maximum absolute atomic E-state index is 5.27. The topological polar surface area (TPSA) is 18.5 Å². The van der Waals surface area contributed by atoms with Gasteiger partial charge in [0.2, 0.25) is 0 Å². The van der Waals surface area contributed by atoms with Gasteiger partial charge in [-0.1, -0.05) is 5.92 Å². The van der Waals surface area contributed by atoms with Crippen molar-refractivity contribution in [2.45, 2.75) is 25.0 Å². The highest BCUT2D eigenvalue weighted by Crippen LogP contribution is 2.15. The van der Waals surface area contributed by atoms with E-state index in [1.807, 2.05) is 0 Å². The molecular weight excluding hydrogens is 128 g/mol. The van der Waals surface area contributed by atoms with Gasteiger partial charge < -0.3 is 9.47 Å². The van der Waals surface area contributed by atoms with Gasteiger partial charge in [0.15, 0.2) is 0 Å². The molecule has 1 aliphatic rings. The maximum atomic E-state index is 5.27. The van der Waals surface area contributed by atoms with E-state index in [-0.39, 0.29) is 12.2 Å². The third-order valence-corrected chi connectivity index (χ3v) is 1.74. The number of methoxy groups -OCH3 is 1. The number of terminal acetylenes is 1.